The largest absolute Gasteiger partial charge is 0.314 e. The second-order valence-corrected chi connectivity index (χ2v) is 4.49. The maximum atomic E-state index is 3.57. The van der Waals surface area contributed by atoms with Crippen LogP contribution in [0.4, 0.5) is 0 Å². The molecule has 1 fully saturated rings. The van der Waals surface area contributed by atoms with Gasteiger partial charge < -0.3 is 10.6 Å². The predicted octanol–water partition coefficient (Wildman–Crippen LogP) is 2.47. The van der Waals surface area contributed by atoms with Crippen molar-refractivity contribution in [3.63, 3.8) is 0 Å². The second kappa shape index (κ2) is 6.24. The van der Waals surface area contributed by atoms with Crippen LogP contribution in [0.5, 0.6) is 0 Å². The van der Waals surface area contributed by atoms with E-state index in [0.717, 1.165) is 19.6 Å². The Labute approximate surface area is 104 Å². The Bertz CT molecular complexity index is 319. The summed E-state index contributed by atoms with van der Waals surface area (Å²) < 4.78 is 0. The van der Waals surface area contributed by atoms with Crippen LogP contribution in [0.3, 0.4) is 0 Å². The van der Waals surface area contributed by atoms with Crippen LogP contribution >= 0.6 is 12.4 Å². The van der Waals surface area contributed by atoms with Gasteiger partial charge in [0, 0.05) is 25.7 Å². The van der Waals surface area contributed by atoms with Gasteiger partial charge in [-0.3, -0.25) is 0 Å². The average Bonchev–Trinajstić information content (AvgIpc) is 2.30. The predicted molar refractivity (Wildman–Crippen MR) is 71.4 cm³/mol. The summed E-state index contributed by atoms with van der Waals surface area (Å²) in [4.78, 5) is 0. The van der Waals surface area contributed by atoms with E-state index >= 15 is 0 Å². The van der Waals surface area contributed by atoms with Crippen LogP contribution in [-0.2, 0) is 0 Å². The molecule has 1 aliphatic heterocycles. The fourth-order valence-corrected chi connectivity index (χ4v) is 2.23. The van der Waals surface area contributed by atoms with E-state index < -0.39 is 0 Å². The highest BCUT2D eigenvalue weighted by Gasteiger charge is 2.17. The molecule has 3 heteroatoms. The van der Waals surface area contributed by atoms with Gasteiger partial charge in [-0.05, 0) is 17.0 Å². The van der Waals surface area contributed by atoms with E-state index in [1.807, 2.05) is 0 Å². The molecule has 16 heavy (non-hydrogen) atoms. The molecule has 0 aliphatic carbocycles. The molecule has 0 amide bonds. The third kappa shape index (κ3) is 2.97. The number of hydrogen-bond acceptors (Lipinski definition) is 2. The summed E-state index contributed by atoms with van der Waals surface area (Å²) in [6, 6.07) is 9.25. The molecule has 1 aliphatic rings. The van der Waals surface area contributed by atoms with Crippen molar-refractivity contribution in [3.8, 4) is 0 Å². The normalized spacial score (nSPS) is 20.6. The zero-order chi connectivity index (χ0) is 10.7. The molecular weight excluding hydrogens is 220 g/mol. The van der Waals surface area contributed by atoms with Crippen molar-refractivity contribution >= 4 is 12.4 Å². The summed E-state index contributed by atoms with van der Waals surface area (Å²) in [7, 11) is 0. The zero-order valence-electron chi connectivity index (χ0n) is 9.99. The number of rotatable bonds is 2. The molecule has 2 nitrogen and oxygen atoms in total. The highest BCUT2D eigenvalue weighted by atomic mass is 35.5. The Morgan fingerprint density at radius 2 is 1.94 bits per heavy atom. The lowest BCUT2D eigenvalue weighted by molar-refractivity contribution is 0.427. The molecule has 0 saturated carbocycles. The van der Waals surface area contributed by atoms with Crippen LogP contribution in [0.25, 0.3) is 0 Å². The Kier molecular flexibility index (Phi) is 5.26. The van der Waals surface area contributed by atoms with Crippen molar-refractivity contribution in [1.82, 2.24) is 10.6 Å². The van der Waals surface area contributed by atoms with E-state index in [9.17, 15) is 0 Å². The number of piperazine rings is 1. The van der Waals surface area contributed by atoms with Crippen molar-refractivity contribution in [2.24, 2.45) is 0 Å². The van der Waals surface area contributed by atoms with Crippen LogP contribution in [-0.4, -0.2) is 19.6 Å². The highest BCUT2D eigenvalue weighted by Crippen LogP contribution is 2.24. The van der Waals surface area contributed by atoms with E-state index in [1.54, 1.807) is 0 Å². The van der Waals surface area contributed by atoms with Gasteiger partial charge in [0.1, 0.15) is 0 Å². The minimum absolute atomic E-state index is 0. The first-order chi connectivity index (χ1) is 7.29. The molecule has 0 spiro atoms. The fraction of sp³-hybridized carbons (Fsp3) is 0.538. The van der Waals surface area contributed by atoms with Crippen molar-refractivity contribution in [2.75, 3.05) is 19.6 Å². The monoisotopic (exact) mass is 240 g/mol. The summed E-state index contributed by atoms with van der Waals surface area (Å²) >= 11 is 0. The van der Waals surface area contributed by atoms with Gasteiger partial charge in [-0.2, -0.15) is 0 Å². The summed E-state index contributed by atoms with van der Waals surface area (Å²) in [5.41, 5.74) is 2.93. The minimum Gasteiger partial charge on any atom is -0.314 e. The van der Waals surface area contributed by atoms with Gasteiger partial charge in [0.15, 0.2) is 0 Å². The van der Waals surface area contributed by atoms with Gasteiger partial charge in [-0.15, -0.1) is 12.4 Å². The average molecular weight is 241 g/mol. The molecule has 1 unspecified atom stereocenters. The Balaban J connectivity index is 0.00000128. The molecule has 2 rings (SSSR count). The van der Waals surface area contributed by atoms with Gasteiger partial charge >= 0.3 is 0 Å². The molecule has 1 aromatic rings. The summed E-state index contributed by atoms with van der Waals surface area (Å²) in [5, 5.41) is 7.01. The summed E-state index contributed by atoms with van der Waals surface area (Å²) in [6.45, 7) is 7.71. The topological polar surface area (TPSA) is 24.1 Å². The third-order valence-corrected chi connectivity index (χ3v) is 3.03. The summed E-state index contributed by atoms with van der Waals surface area (Å²) in [6.07, 6.45) is 0. The minimum atomic E-state index is 0. The standard InChI is InChI=1S/C13H20N2.ClH/c1-10(2)11-5-3-4-6-12(11)13-9-14-7-8-15-13;/h3-6,10,13-15H,7-9H2,1-2H3;1H. The number of hydrogen-bond donors (Lipinski definition) is 2. The van der Waals surface area contributed by atoms with Crippen LogP contribution in [0.15, 0.2) is 24.3 Å². The van der Waals surface area contributed by atoms with Crippen LogP contribution in [0.2, 0.25) is 0 Å². The molecular formula is C13H21ClN2. The van der Waals surface area contributed by atoms with Crippen LogP contribution in [0.1, 0.15) is 36.9 Å². The smallest absolute Gasteiger partial charge is 0.0450 e. The molecule has 0 radical (unpaired) electrons. The van der Waals surface area contributed by atoms with Gasteiger partial charge in [0.2, 0.25) is 0 Å². The number of halogens is 1. The van der Waals surface area contributed by atoms with Crippen LogP contribution < -0.4 is 10.6 Å². The fourth-order valence-electron chi connectivity index (χ4n) is 2.23. The molecule has 90 valence electrons. The summed E-state index contributed by atoms with van der Waals surface area (Å²) in [5.74, 6) is 0.602. The molecule has 1 saturated heterocycles. The van der Waals surface area contributed by atoms with Gasteiger partial charge in [-0.25, -0.2) is 0 Å². The first-order valence-corrected chi connectivity index (χ1v) is 5.82. The van der Waals surface area contributed by atoms with E-state index in [-0.39, 0.29) is 12.4 Å². The zero-order valence-corrected chi connectivity index (χ0v) is 10.8. The first kappa shape index (κ1) is 13.5. The molecule has 2 N–H and O–H groups in total. The maximum absolute atomic E-state index is 3.57. The lowest BCUT2D eigenvalue weighted by Crippen LogP contribution is -2.43. The Hall–Kier alpha value is -0.570. The van der Waals surface area contributed by atoms with E-state index in [0.29, 0.717) is 12.0 Å². The molecule has 1 heterocycles. The Morgan fingerprint density at radius 1 is 1.19 bits per heavy atom. The van der Waals surface area contributed by atoms with Crippen molar-refractivity contribution in [1.29, 1.82) is 0 Å². The number of nitrogens with one attached hydrogen (secondary N) is 2. The molecule has 1 atom stereocenters. The number of benzene rings is 1. The molecule has 1 aromatic carbocycles. The Morgan fingerprint density at radius 3 is 2.56 bits per heavy atom. The highest BCUT2D eigenvalue weighted by molar-refractivity contribution is 5.85. The van der Waals surface area contributed by atoms with Gasteiger partial charge in [0.25, 0.3) is 0 Å². The van der Waals surface area contributed by atoms with Crippen LogP contribution in [0, 0.1) is 0 Å². The lowest BCUT2D eigenvalue weighted by atomic mass is 9.92. The quantitative estimate of drug-likeness (QED) is 0.830. The van der Waals surface area contributed by atoms with Crippen molar-refractivity contribution in [2.45, 2.75) is 25.8 Å². The third-order valence-electron chi connectivity index (χ3n) is 3.03. The van der Waals surface area contributed by atoms with Gasteiger partial charge in [0.05, 0.1) is 0 Å². The van der Waals surface area contributed by atoms with Gasteiger partial charge in [-0.1, -0.05) is 38.1 Å². The van der Waals surface area contributed by atoms with Crippen molar-refractivity contribution in [3.05, 3.63) is 35.4 Å². The van der Waals surface area contributed by atoms with E-state index in [4.69, 9.17) is 0 Å². The molecule has 0 aromatic heterocycles. The molecule has 0 bridgehead atoms. The first-order valence-electron chi connectivity index (χ1n) is 5.82. The second-order valence-electron chi connectivity index (χ2n) is 4.49. The maximum Gasteiger partial charge on any atom is 0.0450 e. The SMILES string of the molecule is CC(C)c1ccccc1C1CNCCN1.Cl. The van der Waals surface area contributed by atoms with Crippen molar-refractivity contribution < 1.29 is 0 Å². The van der Waals surface area contributed by atoms with E-state index in [1.165, 1.54) is 11.1 Å². The van der Waals surface area contributed by atoms with E-state index in [2.05, 4.69) is 48.7 Å². The lowest BCUT2D eigenvalue weighted by Gasteiger charge is -2.27.